The molecule has 0 atom stereocenters. The third kappa shape index (κ3) is 17.7. The summed E-state index contributed by atoms with van der Waals surface area (Å²) in [6.45, 7) is 0. The molecule has 1 fully saturated rings. The molecule has 68 valence electrons. The summed E-state index contributed by atoms with van der Waals surface area (Å²) in [5.74, 6) is 0. The van der Waals surface area contributed by atoms with Crippen molar-refractivity contribution in [2.24, 2.45) is 5.14 Å². The Morgan fingerprint density at radius 2 is 1.00 bits per heavy atom. The average Bonchev–Trinajstić information content (AvgIpc) is 1.88. The van der Waals surface area contributed by atoms with Crippen molar-refractivity contribution in [3.05, 3.63) is 0 Å². The molecule has 0 spiro atoms. The highest BCUT2D eigenvalue weighted by Crippen LogP contribution is 2.15. The first-order valence-corrected chi connectivity index (χ1v) is 5.25. The van der Waals surface area contributed by atoms with E-state index in [-0.39, 0.29) is 0 Å². The molecule has 0 saturated heterocycles. The highest BCUT2D eigenvalue weighted by atomic mass is 32.2. The lowest BCUT2D eigenvalue weighted by Gasteiger charge is -2.05. The van der Waals surface area contributed by atoms with Gasteiger partial charge in [-0.3, -0.25) is 4.55 Å². The van der Waals surface area contributed by atoms with Crippen molar-refractivity contribution in [1.82, 2.24) is 0 Å². The average molecular weight is 181 g/mol. The van der Waals surface area contributed by atoms with Crippen LogP contribution in [0.5, 0.6) is 0 Å². The van der Waals surface area contributed by atoms with Gasteiger partial charge in [0.2, 0.25) is 0 Å². The summed E-state index contributed by atoms with van der Waals surface area (Å²) in [5, 5.41) is 3.88. The lowest BCUT2D eigenvalue weighted by molar-refractivity contribution is 0.485. The molecule has 0 radical (unpaired) electrons. The Balaban J connectivity index is 0.000000187. The molecular formula is C6H15NO3S. The van der Waals surface area contributed by atoms with Gasteiger partial charge in [0.25, 0.3) is 0 Å². The van der Waals surface area contributed by atoms with E-state index >= 15 is 0 Å². The second-order valence-electron chi connectivity index (χ2n) is 2.64. The van der Waals surface area contributed by atoms with Crippen LogP contribution in [0.1, 0.15) is 38.5 Å². The highest BCUT2D eigenvalue weighted by Gasteiger charge is 1.95. The highest BCUT2D eigenvalue weighted by molar-refractivity contribution is 7.83. The summed E-state index contributed by atoms with van der Waals surface area (Å²) in [4.78, 5) is 0. The van der Waals surface area contributed by atoms with Gasteiger partial charge in [0.05, 0.1) is 0 Å². The maximum absolute atomic E-state index is 8.97. The molecule has 4 nitrogen and oxygen atoms in total. The van der Waals surface area contributed by atoms with Crippen molar-refractivity contribution in [3.63, 3.8) is 0 Å². The molecule has 1 aliphatic carbocycles. The van der Waals surface area contributed by atoms with Crippen molar-refractivity contribution in [2.45, 2.75) is 38.5 Å². The van der Waals surface area contributed by atoms with E-state index in [2.05, 4.69) is 5.14 Å². The Kier molecular flexibility index (Phi) is 5.45. The monoisotopic (exact) mass is 181 g/mol. The quantitative estimate of drug-likeness (QED) is 0.549. The van der Waals surface area contributed by atoms with E-state index in [4.69, 9.17) is 13.0 Å². The fourth-order valence-corrected chi connectivity index (χ4v) is 1.06. The fraction of sp³-hybridized carbons (Fsp3) is 1.00. The zero-order chi connectivity index (χ0) is 8.74. The minimum Gasteiger partial charge on any atom is -0.274 e. The molecule has 5 heteroatoms. The van der Waals surface area contributed by atoms with E-state index < -0.39 is 10.3 Å². The molecule has 0 bridgehead atoms. The smallest absolute Gasteiger partial charge is 0.274 e. The lowest BCUT2D eigenvalue weighted by Crippen LogP contribution is -2.08. The maximum atomic E-state index is 8.97. The van der Waals surface area contributed by atoms with Crippen LogP contribution in [-0.2, 0) is 10.3 Å². The van der Waals surface area contributed by atoms with Crippen molar-refractivity contribution < 1.29 is 13.0 Å². The van der Waals surface area contributed by atoms with Crippen LogP contribution in [0.15, 0.2) is 0 Å². The topological polar surface area (TPSA) is 80.4 Å². The van der Waals surface area contributed by atoms with Gasteiger partial charge in [-0.15, -0.1) is 0 Å². The molecule has 1 aliphatic rings. The van der Waals surface area contributed by atoms with E-state index in [9.17, 15) is 0 Å². The van der Waals surface area contributed by atoms with Crippen molar-refractivity contribution in [3.8, 4) is 0 Å². The molecule has 0 aliphatic heterocycles. The van der Waals surface area contributed by atoms with Crippen LogP contribution in [0, 0.1) is 0 Å². The predicted molar refractivity (Wildman–Crippen MR) is 43.4 cm³/mol. The fourth-order valence-electron chi connectivity index (χ4n) is 1.06. The molecule has 3 N–H and O–H groups in total. The molecule has 1 rings (SSSR count). The first-order valence-electron chi connectivity index (χ1n) is 3.75. The zero-order valence-electron chi connectivity index (χ0n) is 6.49. The Morgan fingerprint density at radius 3 is 1.09 bits per heavy atom. The summed E-state index contributed by atoms with van der Waals surface area (Å²) in [5.41, 5.74) is 0. The summed E-state index contributed by atoms with van der Waals surface area (Å²) < 4.78 is 25.2. The summed E-state index contributed by atoms with van der Waals surface area (Å²) >= 11 is 0. The normalized spacial score (nSPS) is 18.4. The van der Waals surface area contributed by atoms with Gasteiger partial charge < -0.3 is 0 Å². The molecule has 0 aromatic heterocycles. The molecule has 0 unspecified atom stereocenters. The second-order valence-corrected chi connectivity index (χ2v) is 3.67. The minimum atomic E-state index is -4.17. The second kappa shape index (κ2) is 5.51. The Hall–Kier alpha value is -0.130. The van der Waals surface area contributed by atoms with Crippen molar-refractivity contribution in [1.29, 1.82) is 0 Å². The van der Waals surface area contributed by atoms with Gasteiger partial charge in [-0.25, -0.2) is 5.14 Å². The molecule has 11 heavy (non-hydrogen) atoms. The van der Waals surface area contributed by atoms with Crippen molar-refractivity contribution in [2.75, 3.05) is 0 Å². The third-order valence-corrected chi connectivity index (χ3v) is 1.50. The standard InChI is InChI=1S/C6H12.H3NO3S/c1-2-4-6-5-3-1;1-5(2,3)4/h1-6H2;(H3,1,2,3,4). The van der Waals surface area contributed by atoms with E-state index in [1.165, 1.54) is 38.5 Å². The van der Waals surface area contributed by atoms with Crippen molar-refractivity contribution >= 4 is 10.3 Å². The van der Waals surface area contributed by atoms with E-state index in [0.29, 0.717) is 0 Å². The SMILES string of the molecule is C1CCCCC1.NS(=O)(=O)O. The van der Waals surface area contributed by atoms with Crippen LogP contribution < -0.4 is 5.14 Å². The van der Waals surface area contributed by atoms with Gasteiger partial charge >= 0.3 is 10.3 Å². The Bertz CT molecular complexity index is 153. The molecular weight excluding hydrogens is 166 g/mol. The van der Waals surface area contributed by atoms with Gasteiger partial charge in [0.15, 0.2) is 0 Å². The Labute approximate surface area is 67.7 Å². The molecule has 0 aromatic rings. The van der Waals surface area contributed by atoms with Gasteiger partial charge in [0.1, 0.15) is 0 Å². The maximum Gasteiger partial charge on any atom is 0.330 e. The van der Waals surface area contributed by atoms with Gasteiger partial charge in [0, 0.05) is 0 Å². The van der Waals surface area contributed by atoms with E-state index in [0.717, 1.165) is 0 Å². The molecule has 0 heterocycles. The molecule has 0 amide bonds. The van der Waals surface area contributed by atoms with E-state index in [1.54, 1.807) is 0 Å². The van der Waals surface area contributed by atoms with Gasteiger partial charge in [-0.2, -0.15) is 8.42 Å². The molecule has 0 aromatic carbocycles. The van der Waals surface area contributed by atoms with Crippen LogP contribution in [0.3, 0.4) is 0 Å². The van der Waals surface area contributed by atoms with Crippen LogP contribution in [0.2, 0.25) is 0 Å². The van der Waals surface area contributed by atoms with Gasteiger partial charge in [-0.05, 0) is 0 Å². The molecule has 1 saturated carbocycles. The first kappa shape index (κ1) is 10.9. The Morgan fingerprint density at radius 1 is 0.909 bits per heavy atom. The van der Waals surface area contributed by atoms with E-state index in [1.807, 2.05) is 0 Å². The number of nitrogens with two attached hydrogens (primary N) is 1. The van der Waals surface area contributed by atoms with Crippen LogP contribution in [0.25, 0.3) is 0 Å². The summed E-state index contributed by atoms with van der Waals surface area (Å²) in [6, 6.07) is 0. The summed E-state index contributed by atoms with van der Waals surface area (Å²) in [6.07, 6.45) is 9.00. The van der Waals surface area contributed by atoms with Gasteiger partial charge in [-0.1, -0.05) is 38.5 Å². The first-order chi connectivity index (χ1) is 5.00. The predicted octanol–water partition coefficient (Wildman–Crippen LogP) is 1.09. The lowest BCUT2D eigenvalue weighted by atomic mass is 10.0. The number of hydrogen-bond donors (Lipinski definition) is 2. The number of hydrogen-bond acceptors (Lipinski definition) is 2. The largest absolute Gasteiger partial charge is 0.330 e. The zero-order valence-corrected chi connectivity index (χ0v) is 7.31. The third-order valence-electron chi connectivity index (χ3n) is 1.50. The van der Waals surface area contributed by atoms with Crippen LogP contribution >= 0.6 is 0 Å². The van der Waals surface area contributed by atoms with Crippen LogP contribution in [0.4, 0.5) is 0 Å². The minimum absolute atomic E-state index is 1.50. The number of rotatable bonds is 0. The van der Waals surface area contributed by atoms with Crippen LogP contribution in [-0.4, -0.2) is 13.0 Å². The summed E-state index contributed by atoms with van der Waals surface area (Å²) in [7, 11) is -4.17.